The van der Waals surface area contributed by atoms with Crippen LogP contribution in [0.25, 0.3) is 16.9 Å². The number of aromatic nitrogens is 4. The first-order valence-electron chi connectivity index (χ1n) is 8.23. The zero-order chi connectivity index (χ0) is 19.4. The predicted octanol–water partition coefficient (Wildman–Crippen LogP) is 3.43. The summed E-state index contributed by atoms with van der Waals surface area (Å²) in [5.74, 6) is 0.0403. The lowest BCUT2D eigenvalue weighted by atomic mass is 9.93. The van der Waals surface area contributed by atoms with Crippen molar-refractivity contribution in [2.24, 2.45) is 7.05 Å². The van der Waals surface area contributed by atoms with Crippen LogP contribution >= 0.6 is 0 Å². The Balaban J connectivity index is 1.91. The minimum Gasteiger partial charge on any atom is -0.383 e. The number of nitrogens with zero attached hydrogens (tertiary/aromatic N) is 5. The fraction of sp³-hybridized carbons (Fsp3) is 0.278. The summed E-state index contributed by atoms with van der Waals surface area (Å²) in [6.45, 7) is 0. The molecule has 0 bridgehead atoms. The van der Waals surface area contributed by atoms with Gasteiger partial charge in [0.05, 0.1) is 17.0 Å². The molecule has 4 rings (SSSR count). The second-order valence-corrected chi connectivity index (χ2v) is 6.64. The SMILES string of the molecule is Cn1ccc(-n2nc(C(F)(F)F)c(-c3cccc(C4(C#N)CC4)c3)c2N)n1. The van der Waals surface area contributed by atoms with Crippen LogP contribution in [0.15, 0.2) is 36.5 Å². The number of nitriles is 1. The van der Waals surface area contributed by atoms with Gasteiger partial charge < -0.3 is 5.73 Å². The van der Waals surface area contributed by atoms with Gasteiger partial charge in [-0.15, -0.1) is 0 Å². The molecule has 0 unspecified atom stereocenters. The summed E-state index contributed by atoms with van der Waals surface area (Å²) in [6.07, 6.45) is -1.71. The number of aryl methyl sites for hydroxylation is 1. The van der Waals surface area contributed by atoms with Crippen LogP contribution in [-0.4, -0.2) is 19.6 Å². The topological polar surface area (TPSA) is 85.5 Å². The Kier molecular flexibility index (Phi) is 3.56. The molecule has 1 aromatic carbocycles. The molecule has 0 saturated heterocycles. The Bertz CT molecular complexity index is 1070. The number of nitrogens with two attached hydrogens (primary N) is 1. The smallest absolute Gasteiger partial charge is 0.383 e. The maximum absolute atomic E-state index is 13.7. The van der Waals surface area contributed by atoms with Crippen molar-refractivity contribution in [3.05, 3.63) is 47.8 Å². The van der Waals surface area contributed by atoms with Crippen molar-refractivity contribution < 1.29 is 13.2 Å². The van der Waals surface area contributed by atoms with Crippen LogP contribution in [0.3, 0.4) is 0 Å². The Morgan fingerprint density at radius 2 is 1.96 bits per heavy atom. The Labute approximate surface area is 152 Å². The molecule has 138 valence electrons. The predicted molar refractivity (Wildman–Crippen MR) is 91.7 cm³/mol. The minimum absolute atomic E-state index is 0.153. The van der Waals surface area contributed by atoms with Gasteiger partial charge in [-0.25, -0.2) is 0 Å². The first-order valence-corrected chi connectivity index (χ1v) is 8.23. The molecule has 0 spiro atoms. The van der Waals surface area contributed by atoms with Crippen LogP contribution in [0.1, 0.15) is 24.1 Å². The normalized spacial score (nSPS) is 15.5. The van der Waals surface area contributed by atoms with E-state index in [1.54, 1.807) is 37.5 Å². The number of nitrogen functional groups attached to an aromatic ring is 1. The summed E-state index contributed by atoms with van der Waals surface area (Å²) >= 11 is 0. The van der Waals surface area contributed by atoms with E-state index >= 15 is 0 Å². The fourth-order valence-electron chi connectivity index (χ4n) is 3.17. The molecule has 2 heterocycles. The molecule has 0 amide bonds. The third-order valence-corrected chi connectivity index (χ3v) is 4.77. The molecule has 0 atom stereocenters. The summed E-state index contributed by atoms with van der Waals surface area (Å²) in [7, 11) is 1.65. The molecule has 0 radical (unpaired) electrons. The first-order chi connectivity index (χ1) is 12.7. The second-order valence-electron chi connectivity index (χ2n) is 6.64. The van der Waals surface area contributed by atoms with E-state index in [0.717, 1.165) is 4.68 Å². The van der Waals surface area contributed by atoms with Crippen LogP contribution in [-0.2, 0) is 18.6 Å². The largest absolute Gasteiger partial charge is 0.435 e. The zero-order valence-corrected chi connectivity index (χ0v) is 14.3. The number of rotatable bonds is 3. The van der Waals surface area contributed by atoms with Gasteiger partial charge in [-0.1, -0.05) is 18.2 Å². The van der Waals surface area contributed by atoms with Crippen LogP contribution < -0.4 is 5.73 Å². The number of halogens is 3. The summed E-state index contributed by atoms with van der Waals surface area (Å²) in [5.41, 5.74) is 5.15. The van der Waals surface area contributed by atoms with Gasteiger partial charge in [0.25, 0.3) is 0 Å². The van der Waals surface area contributed by atoms with Crippen molar-refractivity contribution in [3.63, 3.8) is 0 Å². The average Bonchev–Trinajstić information content (AvgIpc) is 3.19. The monoisotopic (exact) mass is 372 g/mol. The van der Waals surface area contributed by atoms with E-state index < -0.39 is 17.3 Å². The lowest BCUT2D eigenvalue weighted by molar-refractivity contribution is -0.140. The molecule has 27 heavy (non-hydrogen) atoms. The van der Waals surface area contributed by atoms with Crippen molar-refractivity contribution in [1.82, 2.24) is 19.6 Å². The van der Waals surface area contributed by atoms with Gasteiger partial charge in [-0.2, -0.15) is 33.3 Å². The van der Waals surface area contributed by atoms with Crippen molar-refractivity contribution in [1.29, 1.82) is 5.26 Å². The van der Waals surface area contributed by atoms with E-state index in [9.17, 15) is 18.4 Å². The van der Waals surface area contributed by atoms with Gasteiger partial charge in [0.15, 0.2) is 11.5 Å². The standard InChI is InChI=1S/C18H15F3N6/c1-26-8-5-13(24-26)27-16(23)14(15(25-27)18(19,20)21)11-3-2-4-12(9-11)17(10-22)6-7-17/h2-5,8-9H,6-7,23H2,1H3. The van der Waals surface area contributed by atoms with Crippen molar-refractivity contribution in [2.45, 2.75) is 24.4 Å². The molecule has 1 aliphatic carbocycles. The maximum Gasteiger partial charge on any atom is 0.435 e. The van der Waals surface area contributed by atoms with Crippen LogP contribution in [0.5, 0.6) is 0 Å². The highest BCUT2D eigenvalue weighted by molar-refractivity contribution is 5.79. The van der Waals surface area contributed by atoms with Crippen LogP contribution in [0.2, 0.25) is 0 Å². The van der Waals surface area contributed by atoms with E-state index in [1.807, 2.05) is 0 Å². The molecule has 2 N–H and O–H groups in total. The first kappa shape index (κ1) is 17.1. The third-order valence-electron chi connectivity index (χ3n) is 4.77. The van der Waals surface area contributed by atoms with Gasteiger partial charge >= 0.3 is 6.18 Å². The third kappa shape index (κ3) is 2.73. The van der Waals surface area contributed by atoms with Gasteiger partial charge in [-0.3, -0.25) is 4.68 Å². The van der Waals surface area contributed by atoms with Crippen LogP contribution in [0.4, 0.5) is 19.0 Å². The van der Waals surface area contributed by atoms with Crippen molar-refractivity contribution >= 4 is 5.82 Å². The fourth-order valence-corrected chi connectivity index (χ4v) is 3.17. The lowest BCUT2D eigenvalue weighted by Gasteiger charge is -2.11. The highest BCUT2D eigenvalue weighted by Gasteiger charge is 2.45. The van der Waals surface area contributed by atoms with Gasteiger partial charge in [0.1, 0.15) is 5.82 Å². The zero-order valence-electron chi connectivity index (χ0n) is 14.3. The highest BCUT2D eigenvalue weighted by Crippen LogP contribution is 2.49. The molecule has 1 aliphatic rings. The summed E-state index contributed by atoms with van der Waals surface area (Å²) in [4.78, 5) is 0. The number of benzene rings is 1. The Hall–Kier alpha value is -3.28. The summed E-state index contributed by atoms with van der Waals surface area (Å²) in [5, 5.41) is 17.2. The lowest BCUT2D eigenvalue weighted by Crippen LogP contribution is -2.09. The maximum atomic E-state index is 13.7. The molecule has 1 saturated carbocycles. The Morgan fingerprint density at radius 3 is 2.52 bits per heavy atom. The van der Waals surface area contributed by atoms with E-state index in [-0.39, 0.29) is 22.8 Å². The minimum atomic E-state index is -4.69. The van der Waals surface area contributed by atoms with Gasteiger partial charge in [0, 0.05) is 19.3 Å². The highest BCUT2D eigenvalue weighted by atomic mass is 19.4. The Morgan fingerprint density at radius 1 is 1.22 bits per heavy atom. The molecule has 2 aromatic heterocycles. The van der Waals surface area contributed by atoms with Crippen LogP contribution in [0, 0.1) is 11.3 Å². The van der Waals surface area contributed by atoms with Crippen molar-refractivity contribution in [2.75, 3.05) is 5.73 Å². The van der Waals surface area contributed by atoms with E-state index in [4.69, 9.17) is 5.73 Å². The number of alkyl halides is 3. The molecular formula is C18H15F3N6. The number of hydrogen-bond acceptors (Lipinski definition) is 4. The molecular weight excluding hydrogens is 357 g/mol. The molecule has 0 aliphatic heterocycles. The van der Waals surface area contributed by atoms with E-state index in [2.05, 4.69) is 16.3 Å². The van der Waals surface area contributed by atoms with Gasteiger partial charge in [-0.05, 0) is 30.0 Å². The average molecular weight is 372 g/mol. The number of hydrogen-bond donors (Lipinski definition) is 1. The molecule has 3 aromatic rings. The quantitative estimate of drug-likeness (QED) is 0.763. The second kappa shape index (κ2) is 5.61. The summed E-state index contributed by atoms with van der Waals surface area (Å²) < 4.78 is 43.4. The molecule has 6 nitrogen and oxygen atoms in total. The van der Waals surface area contributed by atoms with Gasteiger partial charge in [0.2, 0.25) is 0 Å². The molecule has 9 heteroatoms. The van der Waals surface area contributed by atoms with Crippen molar-refractivity contribution in [3.8, 4) is 23.0 Å². The van der Waals surface area contributed by atoms with E-state index in [1.165, 1.54) is 10.7 Å². The van der Waals surface area contributed by atoms with E-state index in [0.29, 0.717) is 18.4 Å². The molecule has 1 fully saturated rings. The number of anilines is 1. The summed E-state index contributed by atoms with van der Waals surface area (Å²) in [6, 6.07) is 10.3.